The molecular weight excluding hydrogens is 150 g/mol. The molecule has 0 bridgehead atoms. The van der Waals surface area contributed by atoms with Gasteiger partial charge >= 0.3 is 0 Å². The van der Waals surface area contributed by atoms with Crippen LogP contribution in [-0.2, 0) is 0 Å². The molecule has 1 rings (SSSR count). The van der Waals surface area contributed by atoms with E-state index in [-0.39, 0.29) is 0 Å². The maximum absolute atomic E-state index is 8.53. The zero-order chi connectivity index (χ0) is 8.81. The van der Waals surface area contributed by atoms with Gasteiger partial charge in [0.15, 0.2) is 0 Å². The molecule has 1 aliphatic rings. The van der Waals surface area contributed by atoms with Crippen LogP contribution in [0.2, 0.25) is 0 Å². The monoisotopic (exact) mass is 167 g/mol. The highest BCUT2D eigenvalue weighted by atomic mass is 15.2. The number of rotatable bonds is 1. The average molecular weight is 167 g/mol. The Kier molecular flexibility index (Phi) is 4.06. The van der Waals surface area contributed by atoms with E-state index in [2.05, 4.69) is 22.9 Å². The zero-order valence-corrected chi connectivity index (χ0v) is 7.79. The molecule has 12 heavy (non-hydrogen) atoms. The minimum atomic E-state index is 0.601. The van der Waals surface area contributed by atoms with Crippen LogP contribution >= 0.6 is 0 Å². The fraction of sp³-hybridized carbons (Fsp3) is 0.889. The Balaban J connectivity index is 2.26. The quantitative estimate of drug-likeness (QED) is 0.534. The summed E-state index contributed by atoms with van der Waals surface area (Å²) < 4.78 is 0. The molecule has 0 N–H and O–H groups in total. The maximum Gasteiger partial charge on any atom is 0.0866 e. The second-order valence-corrected chi connectivity index (χ2v) is 3.44. The van der Waals surface area contributed by atoms with Crippen LogP contribution in [0.3, 0.4) is 0 Å². The van der Waals surface area contributed by atoms with Gasteiger partial charge in [0.05, 0.1) is 12.6 Å². The Morgan fingerprint density at radius 2 is 1.75 bits per heavy atom. The summed E-state index contributed by atoms with van der Waals surface area (Å²) in [6.45, 7) is 5.10. The zero-order valence-electron chi connectivity index (χ0n) is 7.79. The summed E-state index contributed by atoms with van der Waals surface area (Å²) in [6, 6.07) is 2.21. The summed E-state index contributed by atoms with van der Waals surface area (Å²) in [5.41, 5.74) is 0. The molecule has 0 aliphatic carbocycles. The Bertz CT molecular complexity index is 152. The Hall–Kier alpha value is -0.590. The Morgan fingerprint density at radius 1 is 1.17 bits per heavy atom. The van der Waals surface area contributed by atoms with Gasteiger partial charge in [0.2, 0.25) is 0 Å². The van der Waals surface area contributed by atoms with Gasteiger partial charge in [0.25, 0.3) is 0 Å². The molecule has 0 spiro atoms. The lowest BCUT2D eigenvalue weighted by Gasteiger charge is -2.26. The third-order valence-corrected chi connectivity index (χ3v) is 2.32. The molecule has 3 heteroatoms. The lowest BCUT2D eigenvalue weighted by atomic mass is 10.2. The molecule has 1 saturated heterocycles. The molecule has 0 saturated carbocycles. The van der Waals surface area contributed by atoms with Crippen molar-refractivity contribution in [2.24, 2.45) is 0 Å². The lowest BCUT2D eigenvalue weighted by Crippen LogP contribution is -2.35. The fourth-order valence-electron chi connectivity index (χ4n) is 1.61. The van der Waals surface area contributed by atoms with Crippen molar-refractivity contribution in [1.29, 1.82) is 5.26 Å². The van der Waals surface area contributed by atoms with E-state index in [1.165, 1.54) is 25.9 Å². The van der Waals surface area contributed by atoms with Crippen molar-refractivity contribution in [3.63, 3.8) is 0 Å². The van der Waals surface area contributed by atoms with Crippen LogP contribution in [0.4, 0.5) is 0 Å². The smallest absolute Gasteiger partial charge is 0.0866 e. The lowest BCUT2D eigenvalue weighted by molar-refractivity contribution is 0.217. The molecule has 1 fully saturated rings. The van der Waals surface area contributed by atoms with Gasteiger partial charge in [-0.25, -0.2) is 0 Å². The van der Waals surface area contributed by atoms with Crippen LogP contribution in [0, 0.1) is 11.3 Å². The van der Waals surface area contributed by atoms with Crippen molar-refractivity contribution in [2.45, 2.75) is 12.8 Å². The van der Waals surface area contributed by atoms with E-state index in [1.54, 1.807) is 0 Å². The minimum absolute atomic E-state index is 0.601. The van der Waals surface area contributed by atoms with E-state index < -0.39 is 0 Å². The molecule has 0 aromatic carbocycles. The second-order valence-electron chi connectivity index (χ2n) is 3.44. The number of nitrogens with zero attached hydrogens (tertiary/aromatic N) is 3. The molecule has 0 aromatic rings. The summed E-state index contributed by atoms with van der Waals surface area (Å²) in [5, 5.41) is 8.53. The van der Waals surface area contributed by atoms with Gasteiger partial charge in [-0.3, -0.25) is 4.90 Å². The van der Waals surface area contributed by atoms with Gasteiger partial charge in [-0.15, -0.1) is 0 Å². The fourth-order valence-corrected chi connectivity index (χ4v) is 1.61. The van der Waals surface area contributed by atoms with Crippen LogP contribution in [0.1, 0.15) is 12.8 Å². The standard InChI is InChI=1S/C9H17N3/c1-11-5-2-7-12(9-4-10)8-3-6-11/h2-3,5-9H2,1H3. The van der Waals surface area contributed by atoms with Gasteiger partial charge in [-0.05, 0) is 33.0 Å². The maximum atomic E-state index is 8.53. The molecule has 1 aliphatic heterocycles. The largest absolute Gasteiger partial charge is 0.306 e. The second kappa shape index (κ2) is 5.13. The van der Waals surface area contributed by atoms with E-state index in [0.29, 0.717) is 6.54 Å². The summed E-state index contributed by atoms with van der Waals surface area (Å²) in [6.07, 6.45) is 2.39. The van der Waals surface area contributed by atoms with Gasteiger partial charge in [0.1, 0.15) is 0 Å². The first-order valence-electron chi connectivity index (χ1n) is 4.61. The SMILES string of the molecule is CN1CCCN(CC#N)CCC1. The highest BCUT2D eigenvalue weighted by molar-refractivity contribution is 4.77. The van der Waals surface area contributed by atoms with Crippen molar-refractivity contribution in [1.82, 2.24) is 9.80 Å². The van der Waals surface area contributed by atoms with E-state index >= 15 is 0 Å². The highest BCUT2D eigenvalue weighted by Gasteiger charge is 2.08. The van der Waals surface area contributed by atoms with Crippen LogP contribution in [0.5, 0.6) is 0 Å². The minimum Gasteiger partial charge on any atom is -0.306 e. The molecule has 3 nitrogen and oxygen atoms in total. The predicted molar refractivity (Wildman–Crippen MR) is 48.8 cm³/mol. The average Bonchev–Trinajstić information content (AvgIpc) is 2.00. The van der Waals surface area contributed by atoms with Crippen molar-refractivity contribution in [3.8, 4) is 6.07 Å². The molecule has 0 atom stereocenters. The molecule has 0 aromatic heterocycles. The third-order valence-electron chi connectivity index (χ3n) is 2.32. The van der Waals surface area contributed by atoms with Crippen molar-refractivity contribution >= 4 is 0 Å². The molecule has 68 valence electrons. The van der Waals surface area contributed by atoms with Crippen LogP contribution < -0.4 is 0 Å². The highest BCUT2D eigenvalue weighted by Crippen LogP contribution is 2.01. The molecule has 0 amide bonds. The first kappa shape index (κ1) is 9.50. The van der Waals surface area contributed by atoms with Crippen LogP contribution in [-0.4, -0.2) is 49.6 Å². The summed E-state index contributed by atoms with van der Waals surface area (Å²) >= 11 is 0. The van der Waals surface area contributed by atoms with E-state index in [4.69, 9.17) is 5.26 Å². The van der Waals surface area contributed by atoms with Gasteiger partial charge in [-0.1, -0.05) is 0 Å². The molecule has 0 unspecified atom stereocenters. The van der Waals surface area contributed by atoms with Gasteiger partial charge in [0, 0.05) is 13.1 Å². The molecule has 1 heterocycles. The molecular formula is C9H17N3. The normalized spacial score (nSPS) is 22.7. The van der Waals surface area contributed by atoms with Gasteiger partial charge in [-0.2, -0.15) is 5.26 Å². The molecule has 0 radical (unpaired) electrons. The Morgan fingerprint density at radius 3 is 2.25 bits per heavy atom. The summed E-state index contributed by atoms with van der Waals surface area (Å²) in [7, 11) is 2.17. The van der Waals surface area contributed by atoms with Crippen molar-refractivity contribution in [2.75, 3.05) is 39.8 Å². The van der Waals surface area contributed by atoms with Crippen molar-refractivity contribution < 1.29 is 0 Å². The first-order valence-corrected chi connectivity index (χ1v) is 4.61. The summed E-state index contributed by atoms with van der Waals surface area (Å²) in [4.78, 5) is 4.61. The summed E-state index contributed by atoms with van der Waals surface area (Å²) in [5.74, 6) is 0. The predicted octanol–water partition coefficient (Wildman–Crippen LogP) is 0.538. The number of nitriles is 1. The van der Waals surface area contributed by atoms with E-state index in [9.17, 15) is 0 Å². The van der Waals surface area contributed by atoms with Crippen LogP contribution in [0.25, 0.3) is 0 Å². The number of hydrogen-bond acceptors (Lipinski definition) is 3. The van der Waals surface area contributed by atoms with Gasteiger partial charge < -0.3 is 4.90 Å². The van der Waals surface area contributed by atoms with Crippen molar-refractivity contribution in [3.05, 3.63) is 0 Å². The third kappa shape index (κ3) is 3.21. The topological polar surface area (TPSA) is 30.3 Å². The van der Waals surface area contributed by atoms with E-state index in [1.807, 2.05) is 0 Å². The number of hydrogen-bond donors (Lipinski definition) is 0. The first-order chi connectivity index (χ1) is 5.83. The van der Waals surface area contributed by atoms with Crippen LogP contribution in [0.15, 0.2) is 0 Å². The van der Waals surface area contributed by atoms with E-state index in [0.717, 1.165) is 13.1 Å². The Labute approximate surface area is 74.6 Å².